The largest absolute Gasteiger partial charge is 0.347 e. The fourth-order valence-electron chi connectivity index (χ4n) is 2.64. The maximum atomic E-state index is 13.2. The molecule has 27 heavy (non-hydrogen) atoms. The van der Waals surface area contributed by atoms with Gasteiger partial charge in [0.25, 0.3) is 5.91 Å². The minimum absolute atomic E-state index is 0.0387. The number of aromatic nitrogens is 1. The van der Waals surface area contributed by atoms with Crippen molar-refractivity contribution < 1.29 is 9.18 Å². The van der Waals surface area contributed by atoms with Crippen LogP contribution >= 0.6 is 22.9 Å². The van der Waals surface area contributed by atoms with Gasteiger partial charge in [-0.3, -0.25) is 4.79 Å². The van der Waals surface area contributed by atoms with Crippen LogP contribution in [0.5, 0.6) is 0 Å². The van der Waals surface area contributed by atoms with Gasteiger partial charge in [-0.2, -0.15) is 0 Å². The summed E-state index contributed by atoms with van der Waals surface area (Å²) in [6.45, 7) is 4.16. The SMILES string of the molecule is CCc1ccccc1Nc1nc(C)c(C(=O)NCc2ccc(F)c(Cl)c2)s1. The highest BCUT2D eigenvalue weighted by Gasteiger charge is 2.16. The van der Waals surface area contributed by atoms with E-state index in [-0.39, 0.29) is 17.5 Å². The fraction of sp³-hybridized carbons (Fsp3) is 0.200. The summed E-state index contributed by atoms with van der Waals surface area (Å²) < 4.78 is 13.2. The van der Waals surface area contributed by atoms with Gasteiger partial charge < -0.3 is 10.6 Å². The van der Waals surface area contributed by atoms with Crippen LogP contribution in [0, 0.1) is 12.7 Å². The maximum Gasteiger partial charge on any atom is 0.263 e. The van der Waals surface area contributed by atoms with Gasteiger partial charge >= 0.3 is 0 Å². The molecule has 1 amide bonds. The summed E-state index contributed by atoms with van der Waals surface area (Å²) in [7, 11) is 0. The van der Waals surface area contributed by atoms with Gasteiger partial charge in [-0.1, -0.05) is 54.1 Å². The summed E-state index contributed by atoms with van der Waals surface area (Å²) in [5.74, 6) is -0.699. The molecule has 0 fully saturated rings. The van der Waals surface area contributed by atoms with Crippen LogP contribution in [0.4, 0.5) is 15.2 Å². The molecule has 4 nitrogen and oxygen atoms in total. The monoisotopic (exact) mass is 403 g/mol. The highest BCUT2D eigenvalue weighted by molar-refractivity contribution is 7.17. The molecule has 0 spiro atoms. The van der Waals surface area contributed by atoms with Crippen molar-refractivity contribution in [2.75, 3.05) is 5.32 Å². The number of carbonyl (C=O) groups excluding carboxylic acids is 1. The normalized spacial score (nSPS) is 10.7. The lowest BCUT2D eigenvalue weighted by atomic mass is 10.1. The van der Waals surface area contributed by atoms with Crippen molar-refractivity contribution in [1.29, 1.82) is 0 Å². The first-order chi connectivity index (χ1) is 13.0. The van der Waals surface area contributed by atoms with Crippen LogP contribution in [-0.2, 0) is 13.0 Å². The summed E-state index contributed by atoms with van der Waals surface area (Å²) in [6.07, 6.45) is 0.904. The third kappa shape index (κ3) is 4.64. The first-order valence-electron chi connectivity index (χ1n) is 8.52. The van der Waals surface area contributed by atoms with Crippen LogP contribution in [0.3, 0.4) is 0 Å². The van der Waals surface area contributed by atoms with Gasteiger partial charge in [0.15, 0.2) is 5.13 Å². The number of para-hydroxylation sites is 1. The van der Waals surface area contributed by atoms with Crippen LogP contribution in [0.2, 0.25) is 5.02 Å². The Morgan fingerprint density at radius 1 is 1.26 bits per heavy atom. The molecular weight excluding hydrogens is 385 g/mol. The van der Waals surface area contributed by atoms with Crippen LogP contribution in [0.1, 0.15) is 33.4 Å². The van der Waals surface area contributed by atoms with Crippen molar-refractivity contribution in [3.05, 3.63) is 75.0 Å². The molecule has 140 valence electrons. The average molecular weight is 404 g/mol. The van der Waals surface area contributed by atoms with Crippen molar-refractivity contribution in [1.82, 2.24) is 10.3 Å². The van der Waals surface area contributed by atoms with E-state index >= 15 is 0 Å². The number of hydrogen-bond donors (Lipinski definition) is 2. The molecule has 3 aromatic rings. The topological polar surface area (TPSA) is 54.0 Å². The Bertz CT molecular complexity index is 974. The number of nitrogens with zero attached hydrogens (tertiary/aromatic N) is 1. The van der Waals surface area contributed by atoms with Crippen molar-refractivity contribution in [2.24, 2.45) is 0 Å². The Morgan fingerprint density at radius 2 is 2.04 bits per heavy atom. The standard InChI is InChI=1S/C20H19ClFN3OS/c1-3-14-6-4-5-7-17(14)25-20-24-12(2)18(27-20)19(26)23-11-13-8-9-16(22)15(21)10-13/h4-10H,3,11H2,1-2H3,(H,23,26)(H,24,25). The predicted octanol–water partition coefficient (Wildman–Crippen LogP) is 5.48. The molecule has 0 saturated heterocycles. The van der Waals surface area contributed by atoms with E-state index in [0.29, 0.717) is 15.7 Å². The zero-order valence-electron chi connectivity index (χ0n) is 15.0. The number of halogens is 2. The van der Waals surface area contributed by atoms with Crippen LogP contribution in [0.15, 0.2) is 42.5 Å². The van der Waals surface area contributed by atoms with Crippen molar-refractivity contribution in [3.8, 4) is 0 Å². The van der Waals surface area contributed by atoms with E-state index in [0.717, 1.165) is 17.7 Å². The van der Waals surface area contributed by atoms with E-state index < -0.39 is 5.82 Å². The number of aryl methyl sites for hydroxylation is 2. The molecular formula is C20H19ClFN3OS. The summed E-state index contributed by atoms with van der Waals surface area (Å²) in [5, 5.41) is 6.83. The van der Waals surface area contributed by atoms with Gasteiger partial charge in [-0.25, -0.2) is 9.37 Å². The van der Waals surface area contributed by atoms with E-state index in [1.54, 1.807) is 13.0 Å². The molecule has 0 radical (unpaired) electrons. The summed E-state index contributed by atoms with van der Waals surface area (Å²) in [4.78, 5) is 17.5. The van der Waals surface area contributed by atoms with Crippen LogP contribution in [0.25, 0.3) is 0 Å². The van der Waals surface area contributed by atoms with E-state index in [2.05, 4.69) is 28.6 Å². The Morgan fingerprint density at radius 3 is 2.78 bits per heavy atom. The van der Waals surface area contributed by atoms with Crippen molar-refractivity contribution >= 4 is 39.7 Å². The van der Waals surface area contributed by atoms with Gasteiger partial charge in [0.05, 0.1) is 10.7 Å². The molecule has 1 aromatic heterocycles. The Hall–Kier alpha value is -2.44. The van der Waals surface area contributed by atoms with E-state index in [4.69, 9.17) is 11.6 Å². The Kier molecular flexibility index (Phi) is 6.08. The van der Waals surface area contributed by atoms with Gasteiger partial charge in [0.2, 0.25) is 0 Å². The number of carbonyl (C=O) groups is 1. The van der Waals surface area contributed by atoms with Gasteiger partial charge in [0, 0.05) is 12.2 Å². The molecule has 3 rings (SSSR count). The van der Waals surface area contributed by atoms with Gasteiger partial charge in [-0.15, -0.1) is 0 Å². The molecule has 1 heterocycles. The second kappa shape index (κ2) is 8.50. The molecule has 0 aliphatic heterocycles. The quantitative estimate of drug-likeness (QED) is 0.573. The lowest BCUT2D eigenvalue weighted by Crippen LogP contribution is -2.22. The molecule has 2 aromatic carbocycles. The van der Waals surface area contributed by atoms with Crippen LogP contribution in [-0.4, -0.2) is 10.9 Å². The third-order valence-corrected chi connectivity index (χ3v) is 5.44. The highest BCUT2D eigenvalue weighted by atomic mass is 35.5. The second-order valence-corrected chi connectivity index (χ2v) is 7.41. The van der Waals surface area contributed by atoms with Crippen molar-refractivity contribution in [2.45, 2.75) is 26.8 Å². The summed E-state index contributed by atoms with van der Waals surface area (Å²) >= 11 is 7.07. The minimum atomic E-state index is -0.479. The average Bonchev–Trinajstić information content (AvgIpc) is 3.03. The first kappa shape index (κ1) is 19.3. The fourth-order valence-corrected chi connectivity index (χ4v) is 3.74. The minimum Gasteiger partial charge on any atom is -0.347 e. The van der Waals surface area contributed by atoms with Gasteiger partial charge in [-0.05, 0) is 42.7 Å². The van der Waals surface area contributed by atoms with Gasteiger partial charge in [0.1, 0.15) is 10.7 Å². The zero-order chi connectivity index (χ0) is 19.4. The van der Waals surface area contributed by atoms with Crippen molar-refractivity contribution in [3.63, 3.8) is 0 Å². The number of thiazole rings is 1. The molecule has 0 atom stereocenters. The molecule has 0 aliphatic carbocycles. The number of rotatable bonds is 6. The van der Waals surface area contributed by atoms with E-state index in [1.165, 1.54) is 29.0 Å². The Balaban J connectivity index is 1.69. The highest BCUT2D eigenvalue weighted by Crippen LogP contribution is 2.27. The molecule has 0 aliphatic rings. The number of anilines is 2. The number of amides is 1. The number of benzene rings is 2. The van der Waals surface area contributed by atoms with E-state index in [1.807, 2.05) is 18.2 Å². The zero-order valence-corrected chi connectivity index (χ0v) is 16.5. The molecule has 0 saturated carbocycles. The number of hydrogen-bond acceptors (Lipinski definition) is 4. The smallest absolute Gasteiger partial charge is 0.263 e. The first-order valence-corrected chi connectivity index (χ1v) is 9.72. The molecule has 0 bridgehead atoms. The third-order valence-electron chi connectivity index (χ3n) is 4.08. The molecule has 2 N–H and O–H groups in total. The Labute approximate surface area is 166 Å². The molecule has 7 heteroatoms. The predicted molar refractivity (Wildman–Crippen MR) is 109 cm³/mol. The summed E-state index contributed by atoms with van der Waals surface area (Å²) in [6, 6.07) is 12.4. The summed E-state index contributed by atoms with van der Waals surface area (Å²) in [5.41, 5.74) is 3.56. The van der Waals surface area contributed by atoms with Crippen LogP contribution < -0.4 is 10.6 Å². The second-order valence-electron chi connectivity index (χ2n) is 6.00. The lowest BCUT2D eigenvalue weighted by Gasteiger charge is -2.07. The molecule has 0 unspecified atom stereocenters. The number of nitrogens with one attached hydrogen (secondary N) is 2. The maximum absolute atomic E-state index is 13.2. The lowest BCUT2D eigenvalue weighted by molar-refractivity contribution is 0.0954. The van der Waals surface area contributed by atoms with E-state index in [9.17, 15) is 9.18 Å².